The quantitative estimate of drug-likeness (QED) is 0.433. The monoisotopic (exact) mass is 221 g/mol. The third kappa shape index (κ3) is 1.31. The van der Waals surface area contributed by atoms with Gasteiger partial charge in [0.1, 0.15) is 5.58 Å². The van der Waals surface area contributed by atoms with Gasteiger partial charge in [0, 0.05) is 10.8 Å². The van der Waals surface area contributed by atoms with Crippen LogP contribution in [0, 0.1) is 11.3 Å². The Morgan fingerprint density at radius 3 is 2.59 bits per heavy atom. The van der Waals surface area contributed by atoms with E-state index < -0.39 is 5.63 Å². The number of hydrogen-bond donors (Lipinski definition) is 0. The minimum atomic E-state index is -0.407. The number of nitriles is 1. The molecule has 0 amide bonds. The molecule has 0 aliphatic heterocycles. The summed E-state index contributed by atoms with van der Waals surface area (Å²) in [4.78, 5) is 11.8. The number of fused-ring (bicyclic) bond motifs is 3. The summed E-state index contributed by atoms with van der Waals surface area (Å²) in [6, 6.07) is 14.4. The van der Waals surface area contributed by atoms with Gasteiger partial charge in [0.05, 0.1) is 17.0 Å². The van der Waals surface area contributed by atoms with Gasteiger partial charge >= 0.3 is 5.63 Å². The highest BCUT2D eigenvalue weighted by molar-refractivity contribution is 6.07. The van der Waals surface area contributed by atoms with Crippen molar-refractivity contribution in [2.75, 3.05) is 0 Å². The third-order valence-electron chi connectivity index (χ3n) is 2.76. The fraction of sp³-hybridized carbons (Fsp3) is 0. The first kappa shape index (κ1) is 9.61. The van der Waals surface area contributed by atoms with Crippen LogP contribution in [0.15, 0.2) is 51.7 Å². The summed E-state index contributed by atoms with van der Waals surface area (Å²) in [6.07, 6.45) is 0. The van der Waals surface area contributed by atoms with Gasteiger partial charge in [0.2, 0.25) is 0 Å². The van der Waals surface area contributed by atoms with E-state index in [9.17, 15) is 4.79 Å². The van der Waals surface area contributed by atoms with Gasteiger partial charge in [-0.05, 0) is 18.2 Å². The van der Waals surface area contributed by atoms with E-state index >= 15 is 0 Å². The Bertz CT molecular complexity index is 825. The van der Waals surface area contributed by atoms with Crippen molar-refractivity contribution in [1.82, 2.24) is 0 Å². The molecule has 3 heteroatoms. The van der Waals surface area contributed by atoms with E-state index in [0.717, 1.165) is 5.39 Å². The molecule has 0 atom stereocenters. The van der Waals surface area contributed by atoms with Gasteiger partial charge in [-0.25, -0.2) is 4.79 Å². The average Bonchev–Trinajstić information content (AvgIpc) is 2.38. The van der Waals surface area contributed by atoms with Crippen molar-refractivity contribution in [1.29, 1.82) is 5.26 Å². The van der Waals surface area contributed by atoms with Gasteiger partial charge in [-0.1, -0.05) is 24.3 Å². The SMILES string of the molecule is N#Cc1cccc2c(=O)oc3ccccc3c12. The van der Waals surface area contributed by atoms with Crippen LogP contribution in [-0.4, -0.2) is 0 Å². The van der Waals surface area contributed by atoms with Gasteiger partial charge < -0.3 is 4.42 Å². The first-order valence-corrected chi connectivity index (χ1v) is 5.16. The van der Waals surface area contributed by atoms with Crippen molar-refractivity contribution in [2.45, 2.75) is 0 Å². The van der Waals surface area contributed by atoms with Crippen molar-refractivity contribution in [3.63, 3.8) is 0 Å². The number of benzene rings is 2. The summed E-state index contributed by atoms with van der Waals surface area (Å²) in [5, 5.41) is 11.0. The van der Waals surface area contributed by atoms with Gasteiger partial charge in [0.15, 0.2) is 0 Å². The predicted molar refractivity (Wildman–Crippen MR) is 64.7 cm³/mol. The molecule has 3 nitrogen and oxygen atoms in total. The second-order valence-electron chi connectivity index (χ2n) is 3.73. The summed E-state index contributed by atoms with van der Waals surface area (Å²) in [6.45, 7) is 0. The van der Waals surface area contributed by atoms with Crippen molar-refractivity contribution in [3.05, 3.63) is 58.4 Å². The van der Waals surface area contributed by atoms with Crippen LogP contribution in [0.1, 0.15) is 5.56 Å². The second kappa shape index (κ2) is 3.46. The molecule has 2 aromatic carbocycles. The van der Waals surface area contributed by atoms with Crippen LogP contribution in [0.25, 0.3) is 21.7 Å². The summed E-state index contributed by atoms with van der Waals surface area (Å²) in [5.74, 6) is 0. The number of nitrogens with zero attached hydrogens (tertiary/aromatic N) is 1. The van der Waals surface area contributed by atoms with E-state index in [1.165, 1.54) is 0 Å². The normalized spacial score (nSPS) is 10.5. The van der Waals surface area contributed by atoms with E-state index in [0.29, 0.717) is 21.9 Å². The summed E-state index contributed by atoms with van der Waals surface area (Å²) < 4.78 is 5.21. The molecule has 1 heterocycles. The third-order valence-corrected chi connectivity index (χ3v) is 2.76. The molecule has 0 saturated heterocycles. The van der Waals surface area contributed by atoms with Crippen molar-refractivity contribution < 1.29 is 4.42 Å². The van der Waals surface area contributed by atoms with Gasteiger partial charge in [-0.15, -0.1) is 0 Å². The lowest BCUT2D eigenvalue weighted by Crippen LogP contribution is -2.00. The molecule has 0 unspecified atom stereocenters. The lowest BCUT2D eigenvalue weighted by atomic mass is 10.0. The maximum atomic E-state index is 11.8. The van der Waals surface area contributed by atoms with Gasteiger partial charge in [0.25, 0.3) is 0 Å². The van der Waals surface area contributed by atoms with Crippen LogP contribution in [0.2, 0.25) is 0 Å². The first-order valence-electron chi connectivity index (χ1n) is 5.16. The van der Waals surface area contributed by atoms with E-state index in [-0.39, 0.29) is 0 Å². The van der Waals surface area contributed by atoms with Crippen LogP contribution < -0.4 is 5.63 Å². The molecule has 3 aromatic rings. The highest BCUT2D eigenvalue weighted by atomic mass is 16.4. The zero-order chi connectivity index (χ0) is 11.8. The molecule has 0 bridgehead atoms. The summed E-state index contributed by atoms with van der Waals surface area (Å²) in [5.41, 5.74) is 0.593. The number of rotatable bonds is 0. The number of hydrogen-bond acceptors (Lipinski definition) is 3. The first-order chi connectivity index (χ1) is 8.31. The minimum absolute atomic E-state index is 0.407. The van der Waals surface area contributed by atoms with Crippen LogP contribution in [0.3, 0.4) is 0 Å². The van der Waals surface area contributed by atoms with E-state index in [1.807, 2.05) is 12.1 Å². The molecule has 0 fully saturated rings. The molecule has 0 N–H and O–H groups in total. The highest BCUT2D eigenvalue weighted by Gasteiger charge is 2.09. The zero-order valence-electron chi connectivity index (χ0n) is 8.81. The van der Waals surface area contributed by atoms with Crippen LogP contribution >= 0.6 is 0 Å². The van der Waals surface area contributed by atoms with Gasteiger partial charge in [-0.2, -0.15) is 5.26 Å². The Hall–Kier alpha value is -2.60. The standard InChI is InChI=1S/C14H7NO2/c15-8-9-4-3-6-11-13(9)10-5-1-2-7-12(10)17-14(11)16/h1-7H. The fourth-order valence-corrected chi connectivity index (χ4v) is 2.02. The molecule has 0 aliphatic carbocycles. The van der Waals surface area contributed by atoms with E-state index in [2.05, 4.69) is 6.07 Å². The Balaban J connectivity index is 2.73. The highest BCUT2D eigenvalue weighted by Crippen LogP contribution is 2.25. The van der Waals surface area contributed by atoms with E-state index in [1.54, 1.807) is 30.3 Å². The Morgan fingerprint density at radius 2 is 1.76 bits per heavy atom. The Kier molecular flexibility index (Phi) is 1.96. The smallest absolute Gasteiger partial charge is 0.344 e. The maximum absolute atomic E-state index is 11.8. The molecule has 0 radical (unpaired) electrons. The Morgan fingerprint density at radius 1 is 1.00 bits per heavy atom. The van der Waals surface area contributed by atoms with Gasteiger partial charge in [-0.3, -0.25) is 0 Å². The molecule has 3 rings (SSSR count). The summed E-state index contributed by atoms with van der Waals surface area (Å²) >= 11 is 0. The topological polar surface area (TPSA) is 54.0 Å². The van der Waals surface area contributed by atoms with Crippen LogP contribution in [-0.2, 0) is 0 Å². The van der Waals surface area contributed by atoms with Crippen molar-refractivity contribution in [2.24, 2.45) is 0 Å². The molecular weight excluding hydrogens is 214 g/mol. The number of para-hydroxylation sites is 1. The summed E-state index contributed by atoms with van der Waals surface area (Å²) in [7, 11) is 0. The van der Waals surface area contributed by atoms with Crippen LogP contribution in [0.4, 0.5) is 0 Å². The minimum Gasteiger partial charge on any atom is -0.422 e. The lowest BCUT2D eigenvalue weighted by molar-refractivity contribution is 0.569. The maximum Gasteiger partial charge on any atom is 0.344 e. The predicted octanol–water partition coefficient (Wildman–Crippen LogP) is 2.82. The van der Waals surface area contributed by atoms with Crippen molar-refractivity contribution in [3.8, 4) is 6.07 Å². The average molecular weight is 221 g/mol. The van der Waals surface area contributed by atoms with E-state index in [4.69, 9.17) is 9.68 Å². The molecule has 80 valence electrons. The molecule has 0 saturated carbocycles. The molecule has 0 aliphatic rings. The molecule has 0 spiro atoms. The fourth-order valence-electron chi connectivity index (χ4n) is 2.02. The molecule has 17 heavy (non-hydrogen) atoms. The Labute approximate surface area is 96.5 Å². The van der Waals surface area contributed by atoms with Crippen LogP contribution in [0.5, 0.6) is 0 Å². The second-order valence-corrected chi connectivity index (χ2v) is 3.73. The molecular formula is C14H7NO2. The lowest BCUT2D eigenvalue weighted by Gasteiger charge is -2.03. The van der Waals surface area contributed by atoms with Crippen molar-refractivity contribution >= 4 is 21.7 Å². The largest absolute Gasteiger partial charge is 0.422 e. The zero-order valence-corrected chi connectivity index (χ0v) is 8.81. The molecule has 1 aromatic heterocycles.